The molecule has 1 atom stereocenters. The van der Waals surface area contributed by atoms with E-state index in [2.05, 4.69) is 5.32 Å². The largest absolute Gasteiger partial charge is 0.478 e. The van der Waals surface area contributed by atoms with Gasteiger partial charge in [0.15, 0.2) is 0 Å². The average molecular weight is 250 g/mol. The van der Waals surface area contributed by atoms with Crippen LogP contribution in [-0.4, -0.2) is 35.1 Å². The zero-order chi connectivity index (χ0) is 13.7. The first kappa shape index (κ1) is 14.0. The number of benzene rings is 1. The van der Waals surface area contributed by atoms with Gasteiger partial charge in [-0.2, -0.15) is 0 Å². The molecule has 98 valence electrons. The number of amides is 2. The fourth-order valence-corrected chi connectivity index (χ4v) is 1.46. The molecule has 0 saturated heterocycles. The van der Waals surface area contributed by atoms with Crippen LogP contribution in [0.15, 0.2) is 24.3 Å². The minimum absolute atomic E-state index is 0.0865. The van der Waals surface area contributed by atoms with E-state index in [0.29, 0.717) is 5.69 Å². The van der Waals surface area contributed by atoms with E-state index in [0.717, 1.165) is 6.42 Å². The number of hydrogen-bond acceptors (Lipinski definition) is 2. The number of nitrogens with zero attached hydrogens (tertiary/aromatic N) is 1. The number of carboxylic acids is 1. The highest BCUT2D eigenvalue weighted by atomic mass is 16.4. The standard InChI is InChI=1S/C13H18N2O3/c1-4-9(2)15(3)13(18)14-11-8-6-5-7-10(11)12(16)17/h5-9H,4H2,1-3H3,(H,14,18)(H,16,17). The molecule has 0 radical (unpaired) electrons. The summed E-state index contributed by atoms with van der Waals surface area (Å²) in [6.07, 6.45) is 0.838. The van der Waals surface area contributed by atoms with Crippen molar-refractivity contribution in [3.63, 3.8) is 0 Å². The van der Waals surface area contributed by atoms with Gasteiger partial charge in [-0.15, -0.1) is 0 Å². The number of carbonyl (C=O) groups is 2. The molecular formula is C13H18N2O3. The third kappa shape index (κ3) is 3.23. The molecule has 0 spiro atoms. The normalized spacial score (nSPS) is 11.7. The molecule has 0 fully saturated rings. The van der Waals surface area contributed by atoms with Gasteiger partial charge in [-0.1, -0.05) is 19.1 Å². The molecular weight excluding hydrogens is 232 g/mol. The Balaban J connectivity index is 2.85. The highest BCUT2D eigenvalue weighted by Gasteiger charge is 2.16. The minimum Gasteiger partial charge on any atom is -0.478 e. The van der Waals surface area contributed by atoms with Crippen molar-refractivity contribution in [1.29, 1.82) is 0 Å². The van der Waals surface area contributed by atoms with E-state index >= 15 is 0 Å². The molecule has 1 aromatic carbocycles. The Kier molecular flexibility index (Phi) is 4.71. The number of nitrogens with one attached hydrogen (secondary N) is 1. The van der Waals surface area contributed by atoms with E-state index in [9.17, 15) is 9.59 Å². The number of carboxylic acid groups (broad SMARTS) is 1. The number of carbonyl (C=O) groups excluding carboxylic acids is 1. The van der Waals surface area contributed by atoms with Crippen LogP contribution in [0.2, 0.25) is 0 Å². The fourth-order valence-electron chi connectivity index (χ4n) is 1.46. The summed E-state index contributed by atoms with van der Waals surface area (Å²) in [5, 5.41) is 11.6. The van der Waals surface area contributed by atoms with E-state index in [1.807, 2.05) is 13.8 Å². The van der Waals surface area contributed by atoms with Crippen LogP contribution in [0.25, 0.3) is 0 Å². The maximum atomic E-state index is 11.9. The van der Waals surface area contributed by atoms with Gasteiger partial charge in [-0.3, -0.25) is 0 Å². The Morgan fingerprint density at radius 3 is 2.56 bits per heavy atom. The summed E-state index contributed by atoms with van der Waals surface area (Å²) < 4.78 is 0. The van der Waals surface area contributed by atoms with Crippen LogP contribution in [-0.2, 0) is 0 Å². The molecule has 0 aliphatic carbocycles. The van der Waals surface area contributed by atoms with Gasteiger partial charge in [-0.25, -0.2) is 9.59 Å². The van der Waals surface area contributed by atoms with Gasteiger partial charge in [0.1, 0.15) is 0 Å². The van der Waals surface area contributed by atoms with Gasteiger partial charge in [0, 0.05) is 13.1 Å². The monoisotopic (exact) mass is 250 g/mol. The maximum absolute atomic E-state index is 11.9. The Bertz CT molecular complexity index is 446. The Hall–Kier alpha value is -2.04. The van der Waals surface area contributed by atoms with Gasteiger partial charge < -0.3 is 15.3 Å². The lowest BCUT2D eigenvalue weighted by atomic mass is 10.2. The SMILES string of the molecule is CCC(C)N(C)C(=O)Nc1ccccc1C(=O)O. The van der Waals surface area contributed by atoms with Gasteiger partial charge in [0.2, 0.25) is 0 Å². The third-order valence-electron chi connectivity index (χ3n) is 2.97. The number of urea groups is 1. The molecule has 2 N–H and O–H groups in total. The fraction of sp³-hybridized carbons (Fsp3) is 0.385. The number of para-hydroxylation sites is 1. The van der Waals surface area contributed by atoms with Gasteiger partial charge in [0.25, 0.3) is 0 Å². The van der Waals surface area contributed by atoms with Gasteiger partial charge in [0.05, 0.1) is 11.3 Å². The summed E-state index contributed by atoms with van der Waals surface area (Å²) in [4.78, 5) is 24.5. The van der Waals surface area contributed by atoms with Crippen LogP contribution in [0, 0.1) is 0 Å². The van der Waals surface area contributed by atoms with Gasteiger partial charge >= 0.3 is 12.0 Å². The van der Waals surface area contributed by atoms with Crippen molar-refractivity contribution >= 4 is 17.7 Å². The molecule has 2 amide bonds. The topological polar surface area (TPSA) is 69.6 Å². The molecule has 1 unspecified atom stereocenters. The zero-order valence-electron chi connectivity index (χ0n) is 10.8. The highest BCUT2D eigenvalue weighted by Crippen LogP contribution is 2.16. The molecule has 5 heteroatoms. The molecule has 0 bridgehead atoms. The first-order valence-corrected chi connectivity index (χ1v) is 5.83. The predicted octanol–water partition coefficient (Wildman–Crippen LogP) is 2.65. The van der Waals surface area contributed by atoms with Crippen molar-refractivity contribution in [1.82, 2.24) is 4.90 Å². The number of hydrogen-bond donors (Lipinski definition) is 2. The second-order valence-electron chi connectivity index (χ2n) is 4.15. The van der Waals surface area contributed by atoms with Crippen LogP contribution in [0.1, 0.15) is 30.6 Å². The van der Waals surface area contributed by atoms with E-state index in [-0.39, 0.29) is 17.6 Å². The summed E-state index contributed by atoms with van der Waals surface area (Å²) in [6.45, 7) is 3.92. The summed E-state index contributed by atoms with van der Waals surface area (Å²) in [7, 11) is 1.69. The molecule has 0 saturated carbocycles. The van der Waals surface area contributed by atoms with Crippen LogP contribution >= 0.6 is 0 Å². The van der Waals surface area contributed by atoms with Crippen LogP contribution in [0.5, 0.6) is 0 Å². The zero-order valence-corrected chi connectivity index (χ0v) is 10.8. The van der Waals surface area contributed by atoms with Crippen LogP contribution in [0.3, 0.4) is 0 Å². The first-order chi connectivity index (χ1) is 8.47. The molecule has 0 heterocycles. The smallest absolute Gasteiger partial charge is 0.337 e. The number of aromatic carboxylic acids is 1. The lowest BCUT2D eigenvalue weighted by Crippen LogP contribution is -2.38. The average Bonchev–Trinajstić information content (AvgIpc) is 2.37. The summed E-state index contributed by atoms with van der Waals surface area (Å²) >= 11 is 0. The lowest BCUT2D eigenvalue weighted by molar-refractivity contribution is 0.0698. The molecule has 1 aromatic rings. The minimum atomic E-state index is -1.06. The van der Waals surface area contributed by atoms with Crippen molar-refractivity contribution in [3.05, 3.63) is 29.8 Å². The summed E-state index contributed by atoms with van der Waals surface area (Å²) in [5.41, 5.74) is 0.397. The van der Waals surface area contributed by atoms with E-state index in [1.54, 1.807) is 30.1 Å². The molecule has 18 heavy (non-hydrogen) atoms. The maximum Gasteiger partial charge on any atom is 0.337 e. The molecule has 0 aliphatic rings. The molecule has 1 rings (SSSR count). The third-order valence-corrected chi connectivity index (χ3v) is 2.97. The molecule has 0 aromatic heterocycles. The second kappa shape index (κ2) is 6.05. The van der Waals surface area contributed by atoms with E-state index in [4.69, 9.17) is 5.11 Å². The van der Waals surface area contributed by atoms with E-state index in [1.165, 1.54) is 6.07 Å². The Morgan fingerprint density at radius 2 is 2.00 bits per heavy atom. The van der Waals surface area contributed by atoms with Crippen LogP contribution < -0.4 is 5.32 Å². The first-order valence-electron chi connectivity index (χ1n) is 5.83. The molecule has 0 aliphatic heterocycles. The summed E-state index contributed by atoms with van der Waals surface area (Å²) in [6, 6.07) is 6.13. The molecule has 5 nitrogen and oxygen atoms in total. The quantitative estimate of drug-likeness (QED) is 0.863. The predicted molar refractivity (Wildman–Crippen MR) is 69.9 cm³/mol. The highest BCUT2D eigenvalue weighted by molar-refractivity contribution is 5.99. The second-order valence-corrected chi connectivity index (χ2v) is 4.15. The van der Waals surface area contributed by atoms with Crippen LogP contribution in [0.4, 0.5) is 10.5 Å². The summed E-state index contributed by atoms with van der Waals surface area (Å²) in [5.74, 6) is -1.06. The Morgan fingerprint density at radius 1 is 1.39 bits per heavy atom. The van der Waals surface area contributed by atoms with Crippen molar-refractivity contribution in [2.75, 3.05) is 12.4 Å². The van der Waals surface area contributed by atoms with Crippen molar-refractivity contribution in [2.45, 2.75) is 26.3 Å². The van der Waals surface area contributed by atoms with E-state index < -0.39 is 5.97 Å². The Labute approximate surface area is 106 Å². The van der Waals surface area contributed by atoms with Crippen molar-refractivity contribution in [2.24, 2.45) is 0 Å². The number of rotatable bonds is 4. The van der Waals surface area contributed by atoms with Crippen molar-refractivity contribution < 1.29 is 14.7 Å². The number of anilines is 1. The van der Waals surface area contributed by atoms with Crippen molar-refractivity contribution in [3.8, 4) is 0 Å². The lowest BCUT2D eigenvalue weighted by Gasteiger charge is -2.24. The van der Waals surface area contributed by atoms with Gasteiger partial charge in [-0.05, 0) is 25.5 Å².